The van der Waals surface area contributed by atoms with E-state index in [0.717, 1.165) is 0 Å². The average molecular weight is 326 g/mol. The summed E-state index contributed by atoms with van der Waals surface area (Å²) in [6.45, 7) is 0.565. The minimum absolute atomic E-state index is 0.241. The van der Waals surface area contributed by atoms with Crippen molar-refractivity contribution in [2.45, 2.75) is 0 Å². The van der Waals surface area contributed by atoms with Gasteiger partial charge in [-0.1, -0.05) is 29.3 Å². The number of amides is 1. The molecule has 0 aliphatic rings. The molecule has 0 aliphatic heterocycles. The first kappa shape index (κ1) is 15.5. The van der Waals surface area contributed by atoms with Crippen LogP contribution in [0.25, 0.3) is 0 Å². The number of halogens is 2. The van der Waals surface area contributed by atoms with E-state index in [1.165, 1.54) is 6.07 Å². The van der Waals surface area contributed by atoms with Gasteiger partial charge in [-0.2, -0.15) is 0 Å². The zero-order chi connectivity index (χ0) is 15.2. The molecule has 0 fully saturated rings. The summed E-state index contributed by atoms with van der Waals surface area (Å²) in [6.07, 6.45) is 0. The number of nitrogens with two attached hydrogens (primary N) is 1. The molecule has 6 heteroatoms. The summed E-state index contributed by atoms with van der Waals surface area (Å²) in [4.78, 5) is 11.3. The van der Waals surface area contributed by atoms with Crippen LogP contribution in [0.4, 0.5) is 0 Å². The minimum Gasteiger partial charge on any atom is -0.490 e. The van der Waals surface area contributed by atoms with Crippen molar-refractivity contribution in [1.82, 2.24) is 0 Å². The number of hydrogen-bond donors (Lipinski definition) is 1. The van der Waals surface area contributed by atoms with E-state index in [1.54, 1.807) is 36.4 Å². The first-order chi connectivity index (χ1) is 10.1. The van der Waals surface area contributed by atoms with E-state index in [0.29, 0.717) is 28.2 Å². The molecule has 21 heavy (non-hydrogen) atoms. The Morgan fingerprint density at radius 3 is 2.43 bits per heavy atom. The Kier molecular flexibility index (Phi) is 5.31. The SMILES string of the molecule is NC(=O)c1cc(Cl)ccc1OCCOc1cccc(Cl)c1. The third-order valence-electron chi connectivity index (χ3n) is 2.61. The highest BCUT2D eigenvalue weighted by molar-refractivity contribution is 6.31. The summed E-state index contributed by atoms with van der Waals surface area (Å²) in [5, 5.41) is 1.02. The lowest BCUT2D eigenvalue weighted by molar-refractivity contribution is 0.0995. The smallest absolute Gasteiger partial charge is 0.252 e. The van der Waals surface area contributed by atoms with Crippen LogP contribution in [0.2, 0.25) is 10.0 Å². The Balaban J connectivity index is 1.90. The number of benzene rings is 2. The summed E-state index contributed by atoms with van der Waals surface area (Å²) in [7, 11) is 0. The highest BCUT2D eigenvalue weighted by atomic mass is 35.5. The van der Waals surface area contributed by atoms with E-state index in [-0.39, 0.29) is 12.2 Å². The fourth-order valence-electron chi connectivity index (χ4n) is 1.69. The molecule has 0 saturated carbocycles. The summed E-state index contributed by atoms with van der Waals surface area (Å²) in [5.74, 6) is 0.433. The summed E-state index contributed by atoms with van der Waals surface area (Å²) < 4.78 is 11.0. The Labute approximate surface area is 132 Å². The first-order valence-corrected chi connectivity index (χ1v) is 6.92. The molecule has 2 N–H and O–H groups in total. The van der Waals surface area contributed by atoms with Gasteiger partial charge in [-0.15, -0.1) is 0 Å². The van der Waals surface area contributed by atoms with E-state index in [4.69, 9.17) is 38.4 Å². The van der Waals surface area contributed by atoms with Gasteiger partial charge in [-0.3, -0.25) is 4.79 Å². The summed E-state index contributed by atoms with van der Waals surface area (Å²) in [5.41, 5.74) is 5.51. The summed E-state index contributed by atoms with van der Waals surface area (Å²) in [6, 6.07) is 11.8. The third-order valence-corrected chi connectivity index (χ3v) is 3.08. The van der Waals surface area contributed by atoms with E-state index in [2.05, 4.69) is 0 Å². The van der Waals surface area contributed by atoms with Gasteiger partial charge in [-0.05, 0) is 36.4 Å². The molecule has 4 nitrogen and oxygen atoms in total. The Morgan fingerprint density at radius 1 is 1.00 bits per heavy atom. The van der Waals surface area contributed by atoms with Crippen LogP contribution in [0, 0.1) is 0 Å². The molecule has 0 spiro atoms. The van der Waals surface area contributed by atoms with Gasteiger partial charge in [0, 0.05) is 10.0 Å². The van der Waals surface area contributed by atoms with Crippen LogP contribution in [0.1, 0.15) is 10.4 Å². The molecule has 0 unspecified atom stereocenters. The molecule has 0 aliphatic carbocycles. The maximum Gasteiger partial charge on any atom is 0.252 e. The van der Waals surface area contributed by atoms with Gasteiger partial charge in [-0.25, -0.2) is 0 Å². The zero-order valence-corrected chi connectivity index (χ0v) is 12.5. The fourth-order valence-corrected chi connectivity index (χ4v) is 2.04. The van der Waals surface area contributed by atoms with Crippen molar-refractivity contribution in [3.8, 4) is 11.5 Å². The van der Waals surface area contributed by atoms with Gasteiger partial charge in [0.15, 0.2) is 0 Å². The van der Waals surface area contributed by atoms with Gasteiger partial charge in [0.2, 0.25) is 0 Å². The van der Waals surface area contributed by atoms with Crippen LogP contribution in [0.3, 0.4) is 0 Å². The minimum atomic E-state index is -0.594. The Bertz CT molecular complexity index is 647. The number of hydrogen-bond acceptors (Lipinski definition) is 3. The number of carbonyl (C=O) groups excluding carboxylic acids is 1. The van der Waals surface area contributed by atoms with Crippen LogP contribution >= 0.6 is 23.2 Å². The second-order valence-electron chi connectivity index (χ2n) is 4.16. The van der Waals surface area contributed by atoms with Gasteiger partial charge in [0.25, 0.3) is 5.91 Å². The molecule has 2 aromatic rings. The number of ether oxygens (including phenoxy) is 2. The number of carbonyl (C=O) groups is 1. The van der Waals surface area contributed by atoms with E-state index in [9.17, 15) is 4.79 Å². The molecular formula is C15H13Cl2NO3. The van der Waals surface area contributed by atoms with Crippen molar-refractivity contribution < 1.29 is 14.3 Å². The lowest BCUT2D eigenvalue weighted by Gasteiger charge is -2.11. The molecule has 0 saturated heterocycles. The monoisotopic (exact) mass is 325 g/mol. The van der Waals surface area contributed by atoms with Crippen molar-refractivity contribution in [3.05, 3.63) is 58.1 Å². The van der Waals surface area contributed by atoms with Gasteiger partial charge in [0.05, 0.1) is 5.56 Å². The zero-order valence-electron chi connectivity index (χ0n) is 11.0. The third kappa shape index (κ3) is 4.55. The predicted molar refractivity (Wildman–Crippen MR) is 82.4 cm³/mol. The maximum absolute atomic E-state index is 11.3. The van der Waals surface area contributed by atoms with Crippen molar-refractivity contribution >= 4 is 29.1 Å². The largest absolute Gasteiger partial charge is 0.490 e. The second kappa shape index (κ2) is 7.20. The van der Waals surface area contributed by atoms with E-state index < -0.39 is 5.91 Å². The van der Waals surface area contributed by atoms with Crippen LogP contribution in [0.15, 0.2) is 42.5 Å². The maximum atomic E-state index is 11.3. The molecule has 0 aromatic heterocycles. The normalized spacial score (nSPS) is 10.2. The fraction of sp³-hybridized carbons (Fsp3) is 0.133. The molecule has 0 radical (unpaired) electrons. The Morgan fingerprint density at radius 2 is 1.71 bits per heavy atom. The van der Waals surface area contributed by atoms with Crippen molar-refractivity contribution in [2.75, 3.05) is 13.2 Å². The Hall–Kier alpha value is -1.91. The van der Waals surface area contributed by atoms with Crippen LogP contribution < -0.4 is 15.2 Å². The van der Waals surface area contributed by atoms with Crippen molar-refractivity contribution in [2.24, 2.45) is 5.73 Å². The van der Waals surface area contributed by atoms with Crippen molar-refractivity contribution in [1.29, 1.82) is 0 Å². The molecule has 2 aromatic carbocycles. The topological polar surface area (TPSA) is 61.6 Å². The number of rotatable bonds is 6. The lowest BCUT2D eigenvalue weighted by atomic mass is 10.2. The van der Waals surface area contributed by atoms with E-state index in [1.807, 2.05) is 0 Å². The molecule has 110 valence electrons. The van der Waals surface area contributed by atoms with Gasteiger partial charge in [0.1, 0.15) is 24.7 Å². The quantitative estimate of drug-likeness (QED) is 0.826. The molecule has 0 heterocycles. The van der Waals surface area contributed by atoms with E-state index >= 15 is 0 Å². The van der Waals surface area contributed by atoms with Crippen molar-refractivity contribution in [3.63, 3.8) is 0 Å². The predicted octanol–water partition coefficient (Wildman–Crippen LogP) is 3.55. The molecule has 0 bridgehead atoms. The molecule has 2 rings (SSSR count). The van der Waals surface area contributed by atoms with Crippen LogP contribution in [-0.4, -0.2) is 19.1 Å². The highest BCUT2D eigenvalue weighted by Gasteiger charge is 2.10. The average Bonchev–Trinajstić information content (AvgIpc) is 2.44. The summed E-state index contributed by atoms with van der Waals surface area (Å²) >= 11 is 11.7. The molecule has 0 atom stereocenters. The van der Waals surface area contributed by atoms with Crippen LogP contribution in [0.5, 0.6) is 11.5 Å². The first-order valence-electron chi connectivity index (χ1n) is 6.17. The standard InChI is InChI=1S/C15H13Cl2NO3/c16-10-2-1-3-12(8-10)20-6-7-21-14-5-4-11(17)9-13(14)15(18)19/h1-5,8-9H,6-7H2,(H2,18,19). The van der Waals surface area contributed by atoms with Gasteiger partial charge >= 0.3 is 0 Å². The van der Waals surface area contributed by atoms with Crippen LogP contribution in [-0.2, 0) is 0 Å². The molecule has 1 amide bonds. The number of primary amides is 1. The highest BCUT2D eigenvalue weighted by Crippen LogP contribution is 2.22. The second-order valence-corrected chi connectivity index (χ2v) is 5.03. The van der Waals surface area contributed by atoms with Gasteiger partial charge < -0.3 is 15.2 Å². The lowest BCUT2D eigenvalue weighted by Crippen LogP contribution is -2.15. The molecular weight excluding hydrogens is 313 g/mol.